The van der Waals surface area contributed by atoms with Crippen LogP contribution in [0, 0.1) is 24.2 Å². The fourth-order valence-electron chi connectivity index (χ4n) is 3.20. The van der Waals surface area contributed by atoms with Gasteiger partial charge in [-0.25, -0.2) is 9.79 Å². The Bertz CT molecular complexity index is 1360. The van der Waals surface area contributed by atoms with Gasteiger partial charge >= 0.3 is 5.97 Å². The number of esters is 1. The normalized spacial score (nSPS) is 14.2. The quantitative estimate of drug-likeness (QED) is 0.0941. The second-order valence-electron chi connectivity index (χ2n) is 7.29. The monoisotopic (exact) mass is 700 g/mol. The molecular formula is C24H15ClI2N2O5. The van der Waals surface area contributed by atoms with Crippen molar-refractivity contribution in [3.05, 3.63) is 105 Å². The number of aliphatic imine (C=N–C) groups is 1. The first-order valence-corrected chi connectivity index (χ1v) is 12.4. The SMILES string of the molecule is Cc1ccccc1COc1c(I)cc(/C=C2\N=C(c3cc([N+](=O)[O-])ccc3Cl)OC2=O)cc1I. The third-order valence-electron chi connectivity index (χ3n) is 4.97. The summed E-state index contributed by atoms with van der Waals surface area (Å²) in [5.41, 5.74) is 3.07. The molecule has 1 heterocycles. The molecule has 0 aromatic heterocycles. The zero-order valence-corrected chi connectivity index (χ0v) is 22.6. The van der Waals surface area contributed by atoms with Crippen molar-refractivity contribution in [3.8, 4) is 5.75 Å². The van der Waals surface area contributed by atoms with E-state index in [2.05, 4.69) is 50.2 Å². The molecule has 1 aliphatic rings. The van der Waals surface area contributed by atoms with Crippen LogP contribution < -0.4 is 4.74 Å². The van der Waals surface area contributed by atoms with Crippen molar-refractivity contribution in [1.82, 2.24) is 0 Å². The minimum atomic E-state index is -0.664. The van der Waals surface area contributed by atoms with Gasteiger partial charge in [0.1, 0.15) is 12.4 Å². The Labute approximate surface area is 227 Å². The molecule has 0 amide bonds. The fourth-order valence-corrected chi connectivity index (χ4v) is 5.52. The zero-order chi connectivity index (χ0) is 24.4. The molecule has 0 aliphatic carbocycles. The molecule has 0 unspecified atom stereocenters. The number of non-ortho nitro benzene ring substituents is 1. The summed E-state index contributed by atoms with van der Waals surface area (Å²) in [6.45, 7) is 2.49. The number of nitro benzene ring substituents is 1. The molecule has 172 valence electrons. The minimum Gasteiger partial charge on any atom is -0.487 e. The molecule has 0 bridgehead atoms. The summed E-state index contributed by atoms with van der Waals surface area (Å²) in [5.74, 6) is 0.0168. The van der Waals surface area contributed by atoms with Crippen molar-refractivity contribution < 1.29 is 19.2 Å². The number of nitrogens with zero attached hydrogens (tertiary/aromatic N) is 2. The Balaban J connectivity index is 1.60. The van der Waals surface area contributed by atoms with Gasteiger partial charge in [-0.05, 0) is 93.1 Å². The lowest BCUT2D eigenvalue weighted by atomic mass is 10.1. The first-order chi connectivity index (χ1) is 16.2. The van der Waals surface area contributed by atoms with Crippen LogP contribution in [0.1, 0.15) is 22.3 Å². The van der Waals surface area contributed by atoms with Gasteiger partial charge in [0.25, 0.3) is 5.69 Å². The predicted octanol–water partition coefficient (Wildman–Crippen LogP) is 6.69. The highest BCUT2D eigenvalue weighted by atomic mass is 127. The second-order valence-corrected chi connectivity index (χ2v) is 10.0. The highest BCUT2D eigenvalue weighted by Gasteiger charge is 2.27. The standard InChI is InChI=1S/C24H15ClI2N2O5/c1-13-4-2-3-5-15(13)12-33-22-19(26)8-14(9-20(22)27)10-21-24(30)34-23(28-21)17-11-16(29(31)32)6-7-18(17)25/h2-11H,12H2,1H3/b21-10-. The molecule has 0 spiro atoms. The van der Waals surface area contributed by atoms with Gasteiger partial charge in [-0.1, -0.05) is 35.9 Å². The van der Waals surface area contributed by atoms with Crippen LogP contribution in [0.15, 0.2) is 65.3 Å². The molecule has 0 N–H and O–H groups in total. The van der Waals surface area contributed by atoms with E-state index in [0.717, 1.165) is 29.6 Å². The van der Waals surface area contributed by atoms with Crippen LogP contribution in [0.2, 0.25) is 5.02 Å². The van der Waals surface area contributed by atoms with Crippen LogP contribution in [0.4, 0.5) is 5.69 Å². The third kappa shape index (κ3) is 5.41. The number of ether oxygens (including phenoxy) is 2. The van der Waals surface area contributed by atoms with E-state index in [1.54, 1.807) is 6.08 Å². The predicted molar refractivity (Wildman–Crippen MR) is 146 cm³/mol. The molecule has 0 atom stereocenters. The van der Waals surface area contributed by atoms with Crippen molar-refractivity contribution in [1.29, 1.82) is 0 Å². The Morgan fingerprint density at radius 3 is 2.53 bits per heavy atom. The smallest absolute Gasteiger partial charge is 0.363 e. The molecule has 0 fully saturated rings. The molecule has 1 aliphatic heterocycles. The Morgan fingerprint density at radius 1 is 1.15 bits per heavy atom. The number of halogens is 3. The van der Waals surface area contributed by atoms with E-state index < -0.39 is 10.9 Å². The number of cyclic esters (lactones) is 1. The van der Waals surface area contributed by atoms with E-state index in [4.69, 9.17) is 21.1 Å². The molecule has 3 aromatic rings. The average Bonchev–Trinajstić information content (AvgIpc) is 3.14. The van der Waals surface area contributed by atoms with Crippen LogP contribution >= 0.6 is 56.8 Å². The number of benzene rings is 3. The number of hydrogen-bond acceptors (Lipinski definition) is 6. The van der Waals surface area contributed by atoms with Gasteiger partial charge in [0, 0.05) is 12.1 Å². The Kier molecular flexibility index (Phi) is 7.53. The van der Waals surface area contributed by atoms with Crippen molar-refractivity contribution in [2.75, 3.05) is 0 Å². The number of rotatable bonds is 6. The van der Waals surface area contributed by atoms with E-state index in [0.29, 0.717) is 6.61 Å². The minimum absolute atomic E-state index is 0.0674. The van der Waals surface area contributed by atoms with Crippen LogP contribution in [-0.4, -0.2) is 16.8 Å². The van der Waals surface area contributed by atoms with Crippen molar-refractivity contribution in [2.45, 2.75) is 13.5 Å². The number of carbonyl (C=O) groups is 1. The summed E-state index contributed by atoms with van der Waals surface area (Å²) < 4.78 is 13.1. The molecule has 0 radical (unpaired) electrons. The lowest BCUT2D eigenvalue weighted by Gasteiger charge is -2.13. The second kappa shape index (κ2) is 10.4. The van der Waals surface area contributed by atoms with Crippen LogP contribution in [0.25, 0.3) is 6.08 Å². The summed E-state index contributed by atoms with van der Waals surface area (Å²) >= 11 is 10.5. The Hall–Kier alpha value is -2.51. The van der Waals surface area contributed by atoms with Gasteiger partial charge < -0.3 is 9.47 Å². The number of nitro groups is 1. The number of aryl methyl sites for hydroxylation is 1. The topological polar surface area (TPSA) is 91.0 Å². The largest absolute Gasteiger partial charge is 0.487 e. The molecule has 7 nitrogen and oxygen atoms in total. The van der Waals surface area contributed by atoms with Gasteiger partial charge in [0.15, 0.2) is 5.70 Å². The lowest BCUT2D eigenvalue weighted by molar-refractivity contribution is -0.384. The molecule has 10 heteroatoms. The lowest BCUT2D eigenvalue weighted by Crippen LogP contribution is -2.06. The van der Waals surface area contributed by atoms with Crippen LogP contribution in [-0.2, 0) is 16.1 Å². The van der Waals surface area contributed by atoms with Crippen LogP contribution in [0.3, 0.4) is 0 Å². The van der Waals surface area contributed by atoms with Crippen molar-refractivity contribution >= 4 is 80.4 Å². The molecule has 0 saturated heterocycles. The highest BCUT2D eigenvalue weighted by molar-refractivity contribution is 14.1. The molecule has 34 heavy (non-hydrogen) atoms. The van der Waals surface area contributed by atoms with E-state index in [-0.39, 0.29) is 27.9 Å². The maximum atomic E-state index is 12.4. The first kappa shape index (κ1) is 24.6. The molecule has 3 aromatic carbocycles. The van der Waals surface area contributed by atoms with Gasteiger partial charge in [0.2, 0.25) is 5.90 Å². The van der Waals surface area contributed by atoms with E-state index in [1.165, 1.54) is 18.2 Å². The van der Waals surface area contributed by atoms with Gasteiger partial charge in [0.05, 0.1) is 22.6 Å². The molecule has 0 saturated carbocycles. The first-order valence-electron chi connectivity index (χ1n) is 9.86. The molecular weight excluding hydrogens is 686 g/mol. The summed E-state index contributed by atoms with van der Waals surface area (Å²) in [6.07, 6.45) is 1.59. The Morgan fingerprint density at radius 2 is 1.85 bits per heavy atom. The summed E-state index contributed by atoms with van der Waals surface area (Å²) in [4.78, 5) is 27.2. The fraction of sp³-hybridized carbons (Fsp3) is 0.0833. The van der Waals surface area contributed by atoms with Crippen molar-refractivity contribution in [3.63, 3.8) is 0 Å². The van der Waals surface area contributed by atoms with Gasteiger partial charge in [-0.2, -0.15) is 0 Å². The zero-order valence-electron chi connectivity index (χ0n) is 17.6. The van der Waals surface area contributed by atoms with E-state index >= 15 is 0 Å². The van der Waals surface area contributed by atoms with Gasteiger partial charge in [-0.3, -0.25) is 10.1 Å². The van der Waals surface area contributed by atoms with E-state index in [1.807, 2.05) is 43.3 Å². The summed E-state index contributed by atoms with van der Waals surface area (Å²) in [5, 5.41) is 11.3. The van der Waals surface area contributed by atoms with Gasteiger partial charge in [-0.15, -0.1) is 0 Å². The van der Waals surface area contributed by atoms with E-state index in [9.17, 15) is 14.9 Å². The third-order valence-corrected chi connectivity index (χ3v) is 6.90. The van der Waals surface area contributed by atoms with Crippen molar-refractivity contribution in [2.24, 2.45) is 4.99 Å². The summed E-state index contributed by atoms with van der Waals surface area (Å²) in [7, 11) is 0. The summed E-state index contributed by atoms with van der Waals surface area (Å²) in [6, 6.07) is 15.7. The average molecular weight is 701 g/mol. The maximum absolute atomic E-state index is 12.4. The number of carbonyl (C=O) groups excluding carboxylic acids is 1. The number of hydrogen-bond donors (Lipinski definition) is 0. The molecule has 4 rings (SSSR count). The highest BCUT2D eigenvalue weighted by Crippen LogP contribution is 2.32. The maximum Gasteiger partial charge on any atom is 0.363 e. The van der Waals surface area contributed by atoms with Crippen LogP contribution in [0.5, 0.6) is 5.75 Å².